The minimum absolute atomic E-state index is 0.162. The van der Waals surface area contributed by atoms with Crippen LogP contribution in [0.25, 0.3) is 0 Å². The first-order valence-electron chi connectivity index (χ1n) is 5.37. The smallest absolute Gasteiger partial charge is 0.325 e. The monoisotopic (exact) mass is 251 g/mol. The quantitative estimate of drug-likeness (QED) is 0.591. The fraction of sp³-hybridized carbons (Fsp3) is 0.333. The summed E-state index contributed by atoms with van der Waals surface area (Å²) in [4.78, 5) is 24.5. The van der Waals surface area contributed by atoms with Crippen LogP contribution >= 0.6 is 0 Å². The number of nitrogen functional groups attached to an aromatic ring is 1. The lowest BCUT2D eigenvalue weighted by Crippen LogP contribution is -2.30. The average Bonchev–Trinajstić information content (AvgIpc) is 2.34. The summed E-state index contributed by atoms with van der Waals surface area (Å²) in [6.07, 6.45) is 0. The highest BCUT2D eigenvalue weighted by Gasteiger charge is 2.10. The van der Waals surface area contributed by atoms with E-state index in [2.05, 4.69) is 10.1 Å². The van der Waals surface area contributed by atoms with Crippen molar-refractivity contribution in [2.75, 3.05) is 38.4 Å². The van der Waals surface area contributed by atoms with Crippen LogP contribution in [0, 0.1) is 0 Å². The summed E-state index contributed by atoms with van der Waals surface area (Å²) >= 11 is 0. The van der Waals surface area contributed by atoms with Gasteiger partial charge in [-0.15, -0.1) is 0 Å². The molecule has 98 valence electrons. The number of nitrogens with two attached hydrogens (primary N) is 1. The van der Waals surface area contributed by atoms with E-state index >= 15 is 0 Å². The van der Waals surface area contributed by atoms with E-state index in [1.54, 1.807) is 18.2 Å². The van der Waals surface area contributed by atoms with Crippen molar-refractivity contribution >= 4 is 23.3 Å². The van der Waals surface area contributed by atoms with E-state index in [0.29, 0.717) is 11.3 Å². The van der Waals surface area contributed by atoms with Gasteiger partial charge in [-0.3, -0.25) is 9.59 Å². The first-order chi connectivity index (χ1) is 8.45. The molecule has 0 aliphatic rings. The van der Waals surface area contributed by atoms with Crippen molar-refractivity contribution < 1.29 is 14.3 Å². The van der Waals surface area contributed by atoms with Gasteiger partial charge in [0.1, 0.15) is 6.54 Å². The van der Waals surface area contributed by atoms with Crippen molar-refractivity contribution in [2.24, 2.45) is 0 Å². The Hall–Kier alpha value is -2.24. The lowest BCUT2D eigenvalue weighted by atomic mass is 10.1. The van der Waals surface area contributed by atoms with Gasteiger partial charge in [-0.2, -0.15) is 0 Å². The average molecular weight is 251 g/mol. The third-order valence-corrected chi connectivity index (χ3v) is 2.39. The number of esters is 1. The number of ether oxygens (including phenoxy) is 1. The molecule has 0 heterocycles. The highest BCUT2D eigenvalue weighted by atomic mass is 16.5. The number of anilines is 2. The summed E-state index contributed by atoms with van der Waals surface area (Å²) in [6, 6.07) is 4.97. The molecule has 3 N–H and O–H groups in total. The number of nitrogens with one attached hydrogen (secondary N) is 1. The SMILES string of the molecule is COC(=O)CNC(=O)c1ccc(N(C)C)c(N)c1. The molecule has 0 bridgehead atoms. The molecule has 1 aromatic carbocycles. The Morgan fingerprint density at radius 3 is 2.56 bits per heavy atom. The Morgan fingerprint density at radius 1 is 1.39 bits per heavy atom. The van der Waals surface area contributed by atoms with Gasteiger partial charge in [-0.25, -0.2) is 0 Å². The van der Waals surface area contributed by atoms with Crippen LogP contribution in [0.15, 0.2) is 18.2 Å². The molecule has 6 nitrogen and oxygen atoms in total. The second-order valence-corrected chi connectivity index (χ2v) is 3.93. The molecule has 6 heteroatoms. The lowest BCUT2D eigenvalue weighted by Gasteiger charge is -2.15. The molecular weight excluding hydrogens is 234 g/mol. The zero-order valence-corrected chi connectivity index (χ0v) is 10.7. The van der Waals surface area contributed by atoms with Crippen LogP contribution in [0.3, 0.4) is 0 Å². The molecule has 0 spiro atoms. The molecule has 0 aliphatic heterocycles. The van der Waals surface area contributed by atoms with Crippen LogP contribution in [-0.4, -0.2) is 39.6 Å². The minimum atomic E-state index is -0.499. The third-order valence-electron chi connectivity index (χ3n) is 2.39. The fourth-order valence-electron chi connectivity index (χ4n) is 1.43. The molecule has 0 atom stereocenters. The summed E-state index contributed by atoms with van der Waals surface area (Å²) < 4.78 is 4.43. The molecule has 0 radical (unpaired) electrons. The number of nitrogens with zero attached hydrogens (tertiary/aromatic N) is 1. The first-order valence-corrected chi connectivity index (χ1v) is 5.37. The number of carbonyl (C=O) groups is 2. The highest BCUT2D eigenvalue weighted by Crippen LogP contribution is 2.22. The normalized spacial score (nSPS) is 9.72. The van der Waals surface area contributed by atoms with Gasteiger partial charge in [0, 0.05) is 19.7 Å². The zero-order valence-electron chi connectivity index (χ0n) is 10.7. The standard InChI is InChI=1S/C12H17N3O3/c1-15(2)10-5-4-8(6-9(10)13)12(17)14-7-11(16)18-3/h4-6H,7,13H2,1-3H3,(H,14,17). The van der Waals surface area contributed by atoms with Crippen molar-refractivity contribution in [1.29, 1.82) is 0 Å². The maximum absolute atomic E-state index is 11.7. The van der Waals surface area contributed by atoms with Gasteiger partial charge in [0.25, 0.3) is 5.91 Å². The topological polar surface area (TPSA) is 84.7 Å². The molecular formula is C12H17N3O3. The first kappa shape index (κ1) is 13.8. The van der Waals surface area contributed by atoms with Crippen molar-refractivity contribution in [1.82, 2.24) is 5.32 Å². The summed E-state index contributed by atoms with van der Waals surface area (Å²) in [5.41, 5.74) is 7.57. The number of rotatable bonds is 4. The fourth-order valence-corrected chi connectivity index (χ4v) is 1.43. The van der Waals surface area contributed by atoms with Crippen LogP contribution in [0.4, 0.5) is 11.4 Å². The van der Waals surface area contributed by atoms with Gasteiger partial charge < -0.3 is 20.7 Å². The van der Waals surface area contributed by atoms with Crippen LogP contribution in [-0.2, 0) is 9.53 Å². The van der Waals surface area contributed by atoms with Gasteiger partial charge in [0.2, 0.25) is 0 Å². The van der Waals surface area contributed by atoms with Crippen LogP contribution in [0.1, 0.15) is 10.4 Å². The van der Waals surface area contributed by atoms with Gasteiger partial charge in [-0.05, 0) is 18.2 Å². The Labute approximate surface area is 106 Å². The molecule has 0 saturated heterocycles. The van der Waals surface area contributed by atoms with Gasteiger partial charge in [0.15, 0.2) is 0 Å². The Bertz CT molecular complexity index is 458. The van der Waals surface area contributed by atoms with Gasteiger partial charge >= 0.3 is 5.97 Å². The predicted molar refractivity (Wildman–Crippen MR) is 69.5 cm³/mol. The zero-order chi connectivity index (χ0) is 13.7. The number of benzene rings is 1. The van der Waals surface area contributed by atoms with Crippen LogP contribution in [0.2, 0.25) is 0 Å². The molecule has 0 unspecified atom stereocenters. The third kappa shape index (κ3) is 3.38. The van der Waals surface area contributed by atoms with E-state index < -0.39 is 5.97 Å². The van der Waals surface area contributed by atoms with E-state index in [1.165, 1.54) is 7.11 Å². The molecule has 0 aromatic heterocycles. The van der Waals surface area contributed by atoms with Crippen molar-refractivity contribution in [3.05, 3.63) is 23.8 Å². The number of amides is 1. The van der Waals surface area contributed by atoms with Crippen LogP contribution in [0.5, 0.6) is 0 Å². The number of hydrogen-bond acceptors (Lipinski definition) is 5. The summed E-state index contributed by atoms with van der Waals surface area (Å²) in [5, 5.41) is 2.44. The number of hydrogen-bond donors (Lipinski definition) is 2. The molecule has 1 amide bonds. The van der Waals surface area contributed by atoms with Gasteiger partial charge in [-0.1, -0.05) is 0 Å². The second-order valence-electron chi connectivity index (χ2n) is 3.93. The van der Waals surface area contributed by atoms with E-state index in [9.17, 15) is 9.59 Å². The molecule has 1 aromatic rings. The Morgan fingerprint density at radius 2 is 2.06 bits per heavy atom. The largest absolute Gasteiger partial charge is 0.468 e. The van der Waals surface area contributed by atoms with Crippen molar-refractivity contribution in [2.45, 2.75) is 0 Å². The number of methoxy groups -OCH3 is 1. The maximum Gasteiger partial charge on any atom is 0.325 e. The summed E-state index contributed by atoms with van der Waals surface area (Å²) in [7, 11) is 4.99. The highest BCUT2D eigenvalue weighted by molar-refractivity contribution is 5.97. The maximum atomic E-state index is 11.7. The van der Waals surface area contributed by atoms with Crippen molar-refractivity contribution in [3.63, 3.8) is 0 Å². The van der Waals surface area contributed by atoms with Gasteiger partial charge in [0.05, 0.1) is 18.5 Å². The van der Waals surface area contributed by atoms with E-state index in [1.807, 2.05) is 19.0 Å². The predicted octanol–water partition coefficient (Wildman–Crippen LogP) is 0.238. The molecule has 0 saturated carbocycles. The van der Waals surface area contributed by atoms with E-state index in [-0.39, 0.29) is 12.5 Å². The van der Waals surface area contributed by atoms with Crippen molar-refractivity contribution in [3.8, 4) is 0 Å². The number of carbonyl (C=O) groups excluding carboxylic acids is 2. The Kier molecular flexibility index (Phi) is 4.53. The van der Waals surface area contributed by atoms with E-state index in [0.717, 1.165) is 5.69 Å². The van der Waals surface area contributed by atoms with E-state index in [4.69, 9.17) is 5.73 Å². The Balaban J connectivity index is 2.75. The van der Waals surface area contributed by atoms with Crippen LogP contribution < -0.4 is 16.0 Å². The lowest BCUT2D eigenvalue weighted by molar-refractivity contribution is -0.139. The summed E-state index contributed by atoms with van der Waals surface area (Å²) in [6.45, 7) is -0.162. The second kappa shape index (κ2) is 5.90. The minimum Gasteiger partial charge on any atom is -0.468 e. The molecule has 0 fully saturated rings. The molecule has 18 heavy (non-hydrogen) atoms. The summed E-state index contributed by atoms with van der Waals surface area (Å²) in [5.74, 6) is -0.862. The molecule has 1 rings (SSSR count). The molecule has 0 aliphatic carbocycles.